The average molecular weight is 522 g/mol. The highest BCUT2D eigenvalue weighted by Crippen LogP contribution is 2.32. The van der Waals surface area contributed by atoms with Crippen molar-refractivity contribution < 1.29 is 37.7 Å². The quantitative estimate of drug-likeness (QED) is 0.275. The first-order valence-electron chi connectivity index (χ1n) is 11.3. The van der Waals surface area contributed by atoms with Gasteiger partial charge in [0.1, 0.15) is 5.82 Å². The minimum atomic E-state index is -0.554. The number of carbonyl (C=O) groups excluding carboxylic acids is 3. The molecule has 0 fully saturated rings. The number of fused-ring (bicyclic) bond motifs is 1. The second-order valence-corrected chi connectivity index (χ2v) is 7.77. The zero-order valence-corrected chi connectivity index (χ0v) is 20.2. The van der Waals surface area contributed by atoms with Gasteiger partial charge in [0.25, 0.3) is 17.7 Å². The molecular formula is C26H23FN4O7. The minimum absolute atomic E-state index is 0.0502. The predicted octanol–water partition coefficient (Wildman–Crippen LogP) is 2.46. The number of nitrogens with zero attached hydrogens (tertiary/aromatic N) is 1. The van der Waals surface area contributed by atoms with Gasteiger partial charge in [0.05, 0.1) is 25.6 Å². The van der Waals surface area contributed by atoms with Crippen LogP contribution in [0.5, 0.6) is 23.0 Å². The molecule has 1 aliphatic heterocycles. The molecule has 0 aliphatic carbocycles. The van der Waals surface area contributed by atoms with E-state index in [9.17, 15) is 18.8 Å². The number of hydrogen-bond acceptors (Lipinski definition) is 8. The van der Waals surface area contributed by atoms with Crippen molar-refractivity contribution >= 4 is 29.6 Å². The maximum Gasteiger partial charge on any atom is 0.262 e. The smallest absolute Gasteiger partial charge is 0.262 e. The van der Waals surface area contributed by atoms with E-state index in [0.29, 0.717) is 28.4 Å². The van der Waals surface area contributed by atoms with Crippen LogP contribution in [0, 0.1) is 5.82 Å². The summed E-state index contributed by atoms with van der Waals surface area (Å²) in [5.74, 6) is -0.483. The van der Waals surface area contributed by atoms with Crippen LogP contribution in [-0.4, -0.2) is 51.0 Å². The summed E-state index contributed by atoms with van der Waals surface area (Å²) >= 11 is 0. The van der Waals surface area contributed by atoms with Crippen LogP contribution in [-0.2, 0) is 9.59 Å². The topological polar surface area (TPSA) is 137 Å². The molecule has 3 N–H and O–H groups in total. The lowest BCUT2D eigenvalue weighted by molar-refractivity contribution is -0.120. The molecule has 1 aliphatic rings. The molecule has 0 saturated heterocycles. The Balaban J connectivity index is 1.24. The number of hydrogen-bond donors (Lipinski definition) is 3. The van der Waals surface area contributed by atoms with Crippen LogP contribution in [0.25, 0.3) is 0 Å². The van der Waals surface area contributed by atoms with Gasteiger partial charge in [-0.25, -0.2) is 9.82 Å². The van der Waals surface area contributed by atoms with Crippen molar-refractivity contribution in [2.45, 2.75) is 0 Å². The van der Waals surface area contributed by atoms with Gasteiger partial charge in [0.15, 0.2) is 29.6 Å². The summed E-state index contributed by atoms with van der Waals surface area (Å²) in [6.07, 6.45) is 1.37. The molecule has 0 unspecified atom stereocenters. The van der Waals surface area contributed by atoms with Gasteiger partial charge >= 0.3 is 0 Å². The highest BCUT2D eigenvalue weighted by molar-refractivity contribution is 5.97. The molecule has 1 heterocycles. The minimum Gasteiger partial charge on any atom is -0.493 e. The Morgan fingerprint density at radius 2 is 1.82 bits per heavy atom. The molecule has 0 spiro atoms. The Labute approximate surface area is 216 Å². The summed E-state index contributed by atoms with van der Waals surface area (Å²) < 4.78 is 34.9. The van der Waals surface area contributed by atoms with Crippen molar-refractivity contribution in [3.63, 3.8) is 0 Å². The molecule has 0 saturated carbocycles. The molecule has 0 aromatic heterocycles. The molecule has 0 radical (unpaired) electrons. The number of methoxy groups -OCH3 is 1. The molecule has 4 rings (SSSR count). The number of amides is 3. The zero-order chi connectivity index (χ0) is 26.9. The molecular weight excluding hydrogens is 499 g/mol. The van der Waals surface area contributed by atoms with Crippen LogP contribution >= 0.6 is 0 Å². The van der Waals surface area contributed by atoms with E-state index >= 15 is 0 Å². The van der Waals surface area contributed by atoms with E-state index in [1.807, 2.05) is 0 Å². The maximum absolute atomic E-state index is 13.7. The van der Waals surface area contributed by atoms with Crippen LogP contribution < -0.4 is 35.0 Å². The SMILES string of the molecule is COc1cc(/C=N/NC(=O)CNC(=O)c2ccc3c(c2)OCO3)ccc1OCC(=O)Nc1ccccc1F. The number of rotatable bonds is 10. The molecule has 0 bridgehead atoms. The number of hydrazone groups is 1. The first kappa shape index (κ1) is 25.9. The number of nitrogens with one attached hydrogen (secondary N) is 3. The highest BCUT2D eigenvalue weighted by atomic mass is 19.1. The summed E-state index contributed by atoms with van der Waals surface area (Å²) in [6, 6.07) is 15.3. The molecule has 3 amide bonds. The fourth-order valence-electron chi connectivity index (χ4n) is 3.29. The second kappa shape index (κ2) is 12.2. The monoisotopic (exact) mass is 522 g/mol. The van der Waals surface area contributed by atoms with Crippen molar-refractivity contribution in [3.8, 4) is 23.0 Å². The molecule has 196 valence electrons. The van der Waals surface area contributed by atoms with E-state index in [2.05, 4.69) is 21.2 Å². The summed E-state index contributed by atoms with van der Waals surface area (Å²) in [5.41, 5.74) is 3.25. The Morgan fingerprint density at radius 3 is 2.63 bits per heavy atom. The number of halogens is 1. The lowest BCUT2D eigenvalue weighted by atomic mass is 10.2. The van der Waals surface area contributed by atoms with Gasteiger partial charge < -0.3 is 29.6 Å². The molecule has 3 aromatic rings. The van der Waals surface area contributed by atoms with Crippen LogP contribution in [0.2, 0.25) is 0 Å². The van der Waals surface area contributed by atoms with Gasteiger partial charge in [-0.05, 0) is 54.1 Å². The number of para-hydroxylation sites is 1. The van der Waals surface area contributed by atoms with Crippen molar-refractivity contribution in [2.75, 3.05) is 32.4 Å². The Hall–Kier alpha value is -5.13. The third-order valence-corrected chi connectivity index (χ3v) is 5.14. The van der Waals surface area contributed by atoms with Crippen molar-refractivity contribution in [1.29, 1.82) is 0 Å². The van der Waals surface area contributed by atoms with E-state index in [0.717, 1.165) is 0 Å². The van der Waals surface area contributed by atoms with E-state index < -0.39 is 23.5 Å². The van der Waals surface area contributed by atoms with Crippen LogP contribution in [0.1, 0.15) is 15.9 Å². The fourth-order valence-corrected chi connectivity index (χ4v) is 3.29. The standard InChI is InChI=1S/C26H23FN4O7/c1-35-22-10-16(6-8-20(22)36-14-25(33)30-19-5-3-2-4-18(19)27)12-29-31-24(32)13-28-26(34)17-7-9-21-23(11-17)38-15-37-21/h2-12H,13-15H2,1H3,(H,28,34)(H,30,33)(H,31,32)/b29-12+. The second-order valence-electron chi connectivity index (χ2n) is 7.77. The Bertz CT molecular complexity index is 1380. The van der Waals surface area contributed by atoms with E-state index in [1.165, 1.54) is 37.6 Å². The third-order valence-electron chi connectivity index (χ3n) is 5.14. The lowest BCUT2D eigenvalue weighted by Crippen LogP contribution is -2.34. The van der Waals surface area contributed by atoms with Gasteiger partial charge in [-0.2, -0.15) is 5.10 Å². The Kier molecular flexibility index (Phi) is 8.34. The Morgan fingerprint density at radius 1 is 1.00 bits per heavy atom. The number of benzene rings is 3. The van der Waals surface area contributed by atoms with Crippen LogP contribution in [0.3, 0.4) is 0 Å². The molecule has 0 atom stereocenters. The normalized spacial score (nSPS) is 11.6. The highest BCUT2D eigenvalue weighted by Gasteiger charge is 2.16. The van der Waals surface area contributed by atoms with Gasteiger partial charge in [-0.3, -0.25) is 14.4 Å². The van der Waals surface area contributed by atoms with Gasteiger partial charge in [0.2, 0.25) is 6.79 Å². The number of carbonyl (C=O) groups is 3. The van der Waals surface area contributed by atoms with Gasteiger partial charge in [0, 0.05) is 5.56 Å². The average Bonchev–Trinajstić information content (AvgIpc) is 3.40. The molecule has 38 heavy (non-hydrogen) atoms. The molecule has 3 aromatic carbocycles. The first-order valence-corrected chi connectivity index (χ1v) is 11.3. The van der Waals surface area contributed by atoms with E-state index in [-0.39, 0.29) is 31.4 Å². The van der Waals surface area contributed by atoms with Gasteiger partial charge in [-0.1, -0.05) is 12.1 Å². The van der Waals surface area contributed by atoms with Crippen LogP contribution in [0.4, 0.5) is 10.1 Å². The molecule has 12 heteroatoms. The van der Waals surface area contributed by atoms with Crippen molar-refractivity contribution in [1.82, 2.24) is 10.7 Å². The van der Waals surface area contributed by atoms with E-state index in [1.54, 1.807) is 36.4 Å². The van der Waals surface area contributed by atoms with Crippen LogP contribution in [0.15, 0.2) is 65.8 Å². The third kappa shape index (κ3) is 6.75. The van der Waals surface area contributed by atoms with Crippen molar-refractivity contribution in [3.05, 3.63) is 77.6 Å². The fraction of sp³-hybridized carbons (Fsp3) is 0.154. The summed E-state index contributed by atoms with van der Waals surface area (Å²) in [4.78, 5) is 36.4. The predicted molar refractivity (Wildman–Crippen MR) is 134 cm³/mol. The summed E-state index contributed by atoms with van der Waals surface area (Å²) in [5, 5.41) is 8.79. The van der Waals surface area contributed by atoms with E-state index in [4.69, 9.17) is 18.9 Å². The van der Waals surface area contributed by atoms with Gasteiger partial charge in [-0.15, -0.1) is 0 Å². The van der Waals surface area contributed by atoms with Crippen molar-refractivity contribution in [2.24, 2.45) is 5.10 Å². The first-order chi connectivity index (χ1) is 18.4. The lowest BCUT2D eigenvalue weighted by Gasteiger charge is -2.11. The number of ether oxygens (including phenoxy) is 4. The largest absolute Gasteiger partial charge is 0.493 e. The number of anilines is 1. The maximum atomic E-state index is 13.7. The summed E-state index contributed by atoms with van der Waals surface area (Å²) in [6.45, 7) is -0.571. The summed E-state index contributed by atoms with van der Waals surface area (Å²) in [7, 11) is 1.42. The molecule has 11 nitrogen and oxygen atoms in total. The zero-order valence-electron chi connectivity index (χ0n) is 20.2.